The van der Waals surface area contributed by atoms with Gasteiger partial charge in [0, 0.05) is 26.2 Å². The van der Waals surface area contributed by atoms with Gasteiger partial charge in [0.25, 0.3) is 0 Å². The third-order valence-electron chi connectivity index (χ3n) is 4.70. The summed E-state index contributed by atoms with van der Waals surface area (Å²) in [6.45, 7) is 2.62. The van der Waals surface area contributed by atoms with Crippen molar-refractivity contribution in [3.8, 4) is 11.8 Å². The third kappa shape index (κ3) is 4.78. The first-order chi connectivity index (χ1) is 13.2. The Kier molecular flexibility index (Phi) is 6.29. The fourth-order valence-electron chi connectivity index (χ4n) is 3.13. The molecule has 2 aromatic carbocycles. The lowest BCUT2D eigenvalue weighted by Gasteiger charge is -2.36. The number of methoxy groups -OCH3 is 1. The normalized spacial score (nSPS) is 15.6. The maximum absolute atomic E-state index is 12.3. The van der Waals surface area contributed by atoms with Crippen LogP contribution in [-0.2, 0) is 11.3 Å². The van der Waals surface area contributed by atoms with Crippen molar-refractivity contribution in [3.05, 3.63) is 65.7 Å². The second-order valence-electron chi connectivity index (χ2n) is 6.37. The number of hydrogen-bond donors (Lipinski definition) is 0. The highest BCUT2D eigenvalue weighted by Gasteiger charge is 2.27. The summed E-state index contributed by atoms with van der Waals surface area (Å²) in [6.07, 6.45) is -0.309. The second kappa shape index (κ2) is 9.06. The Bertz CT molecular complexity index is 779. The molecule has 6 nitrogen and oxygen atoms in total. The number of piperazine rings is 1. The number of benzene rings is 2. The summed E-state index contributed by atoms with van der Waals surface area (Å²) in [5, 5.41) is 9.62. The van der Waals surface area contributed by atoms with Crippen molar-refractivity contribution in [2.24, 2.45) is 0 Å². The smallest absolute Gasteiger partial charge is 0.410 e. The van der Waals surface area contributed by atoms with Crippen LogP contribution in [0.4, 0.5) is 4.79 Å². The van der Waals surface area contributed by atoms with Crippen molar-refractivity contribution in [1.29, 1.82) is 5.26 Å². The van der Waals surface area contributed by atoms with E-state index in [0.717, 1.165) is 16.9 Å². The Morgan fingerprint density at radius 1 is 1.07 bits per heavy atom. The van der Waals surface area contributed by atoms with Crippen LogP contribution >= 0.6 is 0 Å². The molecule has 1 heterocycles. The molecule has 27 heavy (non-hydrogen) atoms. The SMILES string of the molecule is COc1ccc(C(C#N)N2CCN(C(=O)OCc3ccccc3)CC2)cc1. The van der Waals surface area contributed by atoms with Gasteiger partial charge in [-0.15, -0.1) is 0 Å². The van der Waals surface area contributed by atoms with Gasteiger partial charge in [0.05, 0.1) is 13.2 Å². The molecule has 3 rings (SSSR count). The summed E-state index contributed by atoms with van der Waals surface area (Å²) >= 11 is 0. The van der Waals surface area contributed by atoms with Crippen LogP contribution in [0.1, 0.15) is 17.2 Å². The predicted molar refractivity (Wildman–Crippen MR) is 101 cm³/mol. The molecule has 0 bridgehead atoms. The molecule has 0 aromatic heterocycles. The van der Waals surface area contributed by atoms with E-state index in [1.54, 1.807) is 12.0 Å². The number of nitriles is 1. The van der Waals surface area contributed by atoms with Crippen LogP contribution in [0.15, 0.2) is 54.6 Å². The van der Waals surface area contributed by atoms with E-state index in [4.69, 9.17) is 9.47 Å². The molecule has 0 N–H and O–H groups in total. The summed E-state index contributed by atoms with van der Waals surface area (Å²) in [6, 6.07) is 19.2. The average molecular weight is 365 g/mol. The first-order valence-electron chi connectivity index (χ1n) is 8.94. The Hall–Kier alpha value is -3.04. The first-order valence-corrected chi connectivity index (χ1v) is 8.94. The predicted octanol–water partition coefficient (Wildman–Crippen LogP) is 3.21. The quantitative estimate of drug-likeness (QED) is 0.814. The monoisotopic (exact) mass is 365 g/mol. The van der Waals surface area contributed by atoms with Gasteiger partial charge in [0.15, 0.2) is 0 Å². The average Bonchev–Trinajstić information content (AvgIpc) is 2.74. The van der Waals surface area contributed by atoms with E-state index in [2.05, 4.69) is 11.0 Å². The molecule has 1 atom stereocenters. The van der Waals surface area contributed by atoms with Gasteiger partial charge < -0.3 is 14.4 Å². The molecular weight excluding hydrogens is 342 g/mol. The zero-order valence-electron chi connectivity index (χ0n) is 15.4. The van der Waals surface area contributed by atoms with Crippen LogP contribution < -0.4 is 4.74 Å². The molecule has 1 fully saturated rings. The van der Waals surface area contributed by atoms with E-state index in [1.165, 1.54) is 0 Å². The molecular formula is C21H23N3O3. The lowest BCUT2D eigenvalue weighted by molar-refractivity contribution is 0.0661. The first kappa shape index (κ1) is 18.7. The lowest BCUT2D eigenvalue weighted by atomic mass is 10.1. The minimum absolute atomic E-state index is 0.270. The Morgan fingerprint density at radius 3 is 2.33 bits per heavy atom. The maximum Gasteiger partial charge on any atom is 0.410 e. The van der Waals surface area contributed by atoms with Crippen molar-refractivity contribution in [3.63, 3.8) is 0 Å². The third-order valence-corrected chi connectivity index (χ3v) is 4.70. The summed E-state index contributed by atoms with van der Waals surface area (Å²) in [7, 11) is 1.62. The van der Waals surface area contributed by atoms with Gasteiger partial charge >= 0.3 is 6.09 Å². The number of carbonyl (C=O) groups is 1. The fraction of sp³-hybridized carbons (Fsp3) is 0.333. The molecule has 2 aromatic rings. The van der Waals surface area contributed by atoms with Gasteiger partial charge in [-0.25, -0.2) is 4.79 Å². The highest BCUT2D eigenvalue weighted by Crippen LogP contribution is 2.24. The lowest BCUT2D eigenvalue weighted by Crippen LogP contribution is -2.49. The van der Waals surface area contributed by atoms with E-state index in [-0.39, 0.29) is 18.7 Å². The highest BCUT2D eigenvalue weighted by atomic mass is 16.6. The zero-order valence-corrected chi connectivity index (χ0v) is 15.4. The molecule has 1 amide bonds. The highest BCUT2D eigenvalue weighted by molar-refractivity contribution is 5.67. The van der Waals surface area contributed by atoms with Crippen molar-refractivity contribution in [2.75, 3.05) is 33.3 Å². The van der Waals surface area contributed by atoms with Gasteiger partial charge in [0.2, 0.25) is 0 Å². The topological polar surface area (TPSA) is 65.8 Å². The number of ether oxygens (including phenoxy) is 2. The molecule has 1 aliphatic heterocycles. The summed E-state index contributed by atoms with van der Waals surface area (Å²) in [4.78, 5) is 16.0. The van der Waals surface area contributed by atoms with Gasteiger partial charge in [-0.3, -0.25) is 4.90 Å². The van der Waals surface area contributed by atoms with E-state index < -0.39 is 0 Å². The molecule has 140 valence electrons. The van der Waals surface area contributed by atoms with E-state index in [1.807, 2.05) is 54.6 Å². The largest absolute Gasteiger partial charge is 0.497 e. The van der Waals surface area contributed by atoms with Crippen molar-refractivity contribution < 1.29 is 14.3 Å². The number of nitrogens with zero attached hydrogens (tertiary/aromatic N) is 3. The number of rotatable bonds is 5. The number of amides is 1. The Labute approximate surface area is 159 Å². The van der Waals surface area contributed by atoms with Crippen molar-refractivity contribution in [2.45, 2.75) is 12.6 Å². The van der Waals surface area contributed by atoms with Crippen LogP contribution in [-0.4, -0.2) is 49.2 Å². The molecule has 1 saturated heterocycles. The van der Waals surface area contributed by atoms with Crippen molar-refractivity contribution in [1.82, 2.24) is 9.80 Å². The minimum Gasteiger partial charge on any atom is -0.497 e. The summed E-state index contributed by atoms with van der Waals surface area (Å²) in [5.74, 6) is 0.765. The van der Waals surface area contributed by atoms with E-state index in [9.17, 15) is 10.1 Å². The van der Waals surface area contributed by atoms with Gasteiger partial charge in [-0.05, 0) is 23.3 Å². The van der Waals surface area contributed by atoms with Gasteiger partial charge in [-0.1, -0.05) is 42.5 Å². The van der Waals surface area contributed by atoms with Crippen LogP contribution in [0.3, 0.4) is 0 Å². The molecule has 0 aliphatic carbocycles. The Morgan fingerprint density at radius 2 is 1.74 bits per heavy atom. The van der Waals surface area contributed by atoms with Crippen LogP contribution in [0, 0.1) is 11.3 Å². The second-order valence-corrected chi connectivity index (χ2v) is 6.37. The molecule has 0 saturated carbocycles. The fourth-order valence-corrected chi connectivity index (χ4v) is 3.13. The molecule has 1 aliphatic rings. The van der Waals surface area contributed by atoms with Crippen molar-refractivity contribution >= 4 is 6.09 Å². The van der Waals surface area contributed by atoms with Crippen LogP contribution in [0.2, 0.25) is 0 Å². The van der Waals surface area contributed by atoms with E-state index >= 15 is 0 Å². The van der Waals surface area contributed by atoms with Crippen LogP contribution in [0.5, 0.6) is 5.75 Å². The molecule has 0 radical (unpaired) electrons. The summed E-state index contributed by atoms with van der Waals surface area (Å²) < 4.78 is 10.6. The standard InChI is InChI=1S/C21H23N3O3/c1-26-19-9-7-18(8-10-19)20(15-22)23-11-13-24(14-12-23)21(25)27-16-17-5-3-2-4-6-17/h2-10,20H,11-14,16H2,1H3. The molecule has 6 heteroatoms. The summed E-state index contributed by atoms with van der Waals surface area (Å²) in [5.41, 5.74) is 1.90. The van der Waals surface area contributed by atoms with E-state index in [0.29, 0.717) is 26.2 Å². The molecule has 1 unspecified atom stereocenters. The van der Waals surface area contributed by atoms with Crippen LogP contribution in [0.25, 0.3) is 0 Å². The number of hydrogen-bond acceptors (Lipinski definition) is 5. The minimum atomic E-state index is -0.335. The number of carbonyl (C=O) groups excluding carboxylic acids is 1. The zero-order chi connectivity index (χ0) is 19.1. The Balaban J connectivity index is 1.52. The molecule has 0 spiro atoms. The maximum atomic E-state index is 12.3. The van der Waals surface area contributed by atoms with Gasteiger partial charge in [-0.2, -0.15) is 5.26 Å². The van der Waals surface area contributed by atoms with Gasteiger partial charge in [0.1, 0.15) is 18.4 Å².